The summed E-state index contributed by atoms with van der Waals surface area (Å²) in [6.45, 7) is 0. The molecule has 1 aromatic carbocycles. The molecular weight excluding hydrogens is 209 g/mol. The van der Waals surface area contributed by atoms with Crippen molar-refractivity contribution < 1.29 is 9.53 Å². The molecule has 0 atom stereocenters. The maximum absolute atomic E-state index is 11.3. The molecule has 0 amide bonds. The van der Waals surface area contributed by atoms with Gasteiger partial charge in [-0.2, -0.15) is 0 Å². The van der Waals surface area contributed by atoms with E-state index in [2.05, 4.69) is 17.6 Å². The van der Waals surface area contributed by atoms with Gasteiger partial charge in [0.2, 0.25) is 0 Å². The van der Waals surface area contributed by atoms with Crippen molar-refractivity contribution in [3.63, 3.8) is 0 Å². The van der Waals surface area contributed by atoms with Crippen molar-refractivity contribution in [2.75, 3.05) is 7.11 Å². The highest BCUT2D eigenvalue weighted by Crippen LogP contribution is 2.23. The summed E-state index contributed by atoms with van der Waals surface area (Å²) in [6.07, 6.45) is 0.924. The van der Waals surface area contributed by atoms with Gasteiger partial charge in [0.05, 0.1) is 27.9 Å². The fraction of sp³-hybridized carbons (Fsp3) is 0.200. The van der Waals surface area contributed by atoms with Crippen LogP contribution in [-0.2, 0) is 11.1 Å². The van der Waals surface area contributed by atoms with Gasteiger partial charge in [-0.05, 0) is 24.5 Å². The van der Waals surface area contributed by atoms with Crippen molar-refractivity contribution in [2.24, 2.45) is 0 Å². The van der Waals surface area contributed by atoms with Crippen LogP contribution in [0.1, 0.15) is 15.4 Å². The number of esters is 1. The van der Waals surface area contributed by atoms with E-state index < -0.39 is 0 Å². The van der Waals surface area contributed by atoms with Crippen LogP contribution < -0.4 is 0 Å². The lowest BCUT2D eigenvalue weighted by atomic mass is 10.1. The molecule has 1 heterocycles. The molecule has 0 saturated carbocycles. The molecule has 0 fully saturated rings. The van der Waals surface area contributed by atoms with Crippen LogP contribution in [0.2, 0.25) is 0 Å². The third kappa shape index (κ3) is 1.87. The lowest BCUT2D eigenvalue weighted by Crippen LogP contribution is -2.00. The fourth-order valence-electron chi connectivity index (χ4n) is 1.37. The van der Waals surface area contributed by atoms with Crippen LogP contribution in [0.3, 0.4) is 0 Å². The molecule has 3 nitrogen and oxygen atoms in total. The summed E-state index contributed by atoms with van der Waals surface area (Å²) in [7, 11) is 3.45. The van der Waals surface area contributed by atoms with E-state index in [9.17, 15) is 4.79 Å². The minimum atomic E-state index is -0.317. The van der Waals surface area contributed by atoms with Gasteiger partial charge in [0.15, 0.2) is 0 Å². The minimum absolute atomic E-state index is 0.317. The summed E-state index contributed by atoms with van der Waals surface area (Å²) >= 11 is 1.66. The van der Waals surface area contributed by atoms with Gasteiger partial charge in [0.25, 0.3) is 0 Å². The highest BCUT2D eigenvalue weighted by Gasteiger charge is 2.08. The van der Waals surface area contributed by atoms with Crippen LogP contribution in [0.4, 0.5) is 0 Å². The van der Waals surface area contributed by atoms with Crippen LogP contribution in [0.5, 0.6) is 0 Å². The number of nitrogens with zero attached hydrogens (tertiary/aromatic N) is 1. The van der Waals surface area contributed by atoms with Crippen molar-refractivity contribution >= 4 is 35.4 Å². The van der Waals surface area contributed by atoms with E-state index in [0.29, 0.717) is 5.56 Å². The number of ether oxygens (including phenoxy) is 1. The van der Waals surface area contributed by atoms with Gasteiger partial charge >= 0.3 is 5.97 Å². The zero-order valence-corrected chi connectivity index (χ0v) is 9.43. The second-order valence-electron chi connectivity index (χ2n) is 3.14. The zero-order valence-electron chi connectivity index (χ0n) is 8.61. The lowest BCUT2D eigenvalue weighted by Gasteiger charge is -1.97. The highest BCUT2D eigenvalue weighted by atomic mass is 32.1. The van der Waals surface area contributed by atoms with E-state index in [1.165, 1.54) is 7.11 Å². The highest BCUT2D eigenvalue weighted by molar-refractivity contribution is 7.18. The standard InChI is InChI=1S/C10H10BNO2S/c1-14-10(13)6-2-3-8-7(4-6)12-9(5-11)15-8/h2-4H,5,11H2,1H3. The van der Waals surface area contributed by atoms with Gasteiger partial charge < -0.3 is 4.74 Å². The molecule has 1 aromatic heterocycles. The average molecular weight is 219 g/mol. The Labute approximate surface area is 92.5 Å². The monoisotopic (exact) mass is 219 g/mol. The number of fused-ring (bicyclic) bond motifs is 1. The van der Waals surface area contributed by atoms with Gasteiger partial charge in [-0.1, -0.05) is 0 Å². The number of hydrogen-bond donors (Lipinski definition) is 0. The molecule has 0 spiro atoms. The van der Waals surface area contributed by atoms with Gasteiger partial charge in [0.1, 0.15) is 7.85 Å². The number of methoxy groups -OCH3 is 1. The van der Waals surface area contributed by atoms with E-state index in [1.807, 2.05) is 6.07 Å². The molecule has 0 aliphatic heterocycles. The first kappa shape index (κ1) is 10.2. The normalized spacial score (nSPS) is 10.5. The number of benzene rings is 1. The number of thiazole rings is 1. The topological polar surface area (TPSA) is 39.2 Å². The molecule has 2 rings (SSSR count). The second kappa shape index (κ2) is 4.02. The summed E-state index contributed by atoms with van der Waals surface area (Å²) in [6, 6.07) is 5.46. The van der Waals surface area contributed by atoms with E-state index in [-0.39, 0.29) is 5.97 Å². The van der Waals surface area contributed by atoms with Crippen molar-refractivity contribution in [1.29, 1.82) is 0 Å². The van der Waals surface area contributed by atoms with Crippen molar-refractivity contribution in [3.05, 3.63) is 28.8 Å². The second-order valence-corrected chi connectivity index (χ2v) is 4.25. The molecule has 2 aromatic rings. The molecule has 0 unspecified atom stereocenters. The number of rotatable bonds is 2. The molecule has 0 N–H and O–H groups in total. The van der Waals surface area contributed by atoms with Crippen LogP contribution in [0.25, 0.3) is 10.2 Å². The van der Waals surface area contributed by atoms with Crippen LogP contribution in [-0.4, -0.2) is 25.9 Å². The maximum atomic E-state index is 11.3. The molecule has 0 aliphatic carbocycles. The first-order chi connectivity index (χ1) is 7.24. The Kier molecular flexibility index (Phi) is 2.73. The Hall–Kier alpha value is -1.36. The molecule has 15 heavy (non-hydrogen) atoms. The third-order valence-electron chi connectivity index (χ3n) is 2.16. The van der Waals surface area contributed by atoms with Gasteiger partial charge in [-0.3, -0.25) is 0 Å². The summed E-state index contributed by atoms with van der Waals surface area (Å²) < 4.78 is 5.77. The van der Waals surface area contributed by atoms with Gasteiger partial charge in [-0.25, -0.2) is 9.78 Å². The lowest BCUT2D eigenvalue weighted by molar-refractivity contribution is 0.0601. The number of aromatic nitrogens is 1. The van der Waals surface area contributed by atoms with Gasteiger partial charge in [-0.15, -0.1) is 11.3 Å². The predicted octanol–water partition coefficient (Wildman–Crippen LogP) is 1.22. The number of hydrogen-bond acceptors (Lipinski definition) is 4. The minimum Gasteiger partial charge on any atom is -0.465 e. The fourth-order valence-corrected chi connectivity index (χ4v) is 2.26. The molecular formula is C10H10BNO2S. The summed E-state index contributed by atoms with van der Waals surface area (Å²) in [4.78, 5) is 15.7. The Morgan fingerprint density at radius 1 is 1.60 bits per heavy atom. The average Bonchev–Trinajstić information content (AvgIpc) is 2.69. The molecule has 0 radical (unpaired) electrons. The smallest absolute Gasteiger partial charge is 0.337 e. The Bertz CT molecular complexity index is 509. The molecule has 76 valence electrons. The van der Waals surface area contributed by atoms with Crippen molar-refractivity contribution in [2.45, 2.75) is 6.32 Å². The van der Waals surface area contributed by atoms with Crippen LogP contribution in [0.15, 0.2) is 18.2 Å². The summed E-state index contributed by atoms with van der Waals surface area (Å²) in [5.41, 5.74) is 1.43. The first-order valence-corrected chi connectivity index (χ1v) is 5.54. The zero-order chi connectivity index (χ0) is 10.8. The Morgan fingerprint density at radius 3 is 3.07 bits per heavy atom. The van der Waals surface area contributed by atoms with Gasteiger partial charge in [0, 0.05) is 0 Å². The summed E-state index contributed by atoms with van der Waals surface area (Å²) in [5.74, 6) is -0.317. The van der Waals surface area contributed by atoms with E-state index in [0.717, 1.165) is 21.5 Å². The quantitative estimate of drug-likeness (QED) is 0.563. The number of carbonyl (C=O) groups is 1. The third-order valence-corrected chi connectivity index (χ3v) is 3.34. The van der Waals surface area contributed by atoms with E-state index in [1.54, 1.807) is 23.5 Å². The van der Waals surface area contributed by atoms with Crippen molar-refractivity contribution in [1.82, 2.24) is 4.98 Å². The molecule has 0 bridgehead atoms. The van der Waals surface area contributed by atoms with Crippen molar-refractivity contribution in [3.8, 4) is 0 Å². The SMILES string of the molecule is BCc1nc2cc(C(=O)OC)ccc2s1. The summed E-state index contributed by atoms with van der Waals surface area (Å²) in [5, 5.41) is 1.09. The molecule has 5 heteroatoms. The Balaban J connectivity index is 2.50. The van der Waals surface area contributed by atoms with E-state index >= 15 is 0 Å². The predicted molar refractivity (Wildman–Crippen MR) is 63.2 cm³/mol. The number of carbonyl (C=O) groups excluding carboxylic acids is 1. The largest absolute Gasteiger partial charge is 0.465 e. The van der Waals surface area contributed by atoms with Crippen LogP contribution in [0, 0.1) is 0 Å². The molecule has 0 saturated heterocycles. The maximum Gasteiger partial charge on any atom is 0.337 e. The molecule has 0 aliphatic rings. The van der Waals surface area contributed by atoms with E-state index in [4.69, 9.17) is 0 Å². The van der Waals surface area contributed by atoms with Crippen LogP contribution >= 0.6 is 11.3 Å². The first-order valence-electron chi connectivity index (χ1n) is 4.72. The Morgan fingerprint density at radius 2 is 2.40 bits per heavy atom.